The Morgan fingerprint density at radius 1 is 1.62 bits per heavy atom. The second-order valence-electron chi connectivity index (χ2n) is 4.14. The first-order valence-corrected chi connectivity index (χ1v) is 5.63. The van der Waals surface area contributed by atoms with Crippen LogP contribution in [0, 0.1) is 0 Å². The fourth-order valence-electron chi connectivity index (χ4n) is 1.89. The Bertz CT molecular complexity index is 408. The van der Waals surface area contributed by atoms with E-state index in [1.807, 2.05) is 0 Å². The predicted octanol–water partition coefficient (Wildman–Crippen LogP) is 1.54. The van der Waals surface area contributed by atoms with Gasteiger partial charge in [0.05, 0.1) is 7.11 Å². The van der Waals surface area contributed by atoms with Crippen molar-refractivity contribution in [2.45, 2.75) is 38.6 Å². The first-order chi connectivity index (χ1) is 7.69. The van der Waals surface area contributed by atoms with Crippen molar-refractivity contribution < 1.29 is 9.53 Å². The van der Waals surface area contributed by atoms with Gasteiger partial charge in [0.2, 0.25) is 0 Å². The van der Waals surface area contributed by atoms with Gasteiger partial charge in [0.25, 0.3) is 0 Å². The van der Waals surface area contributed by atoms with Crippen LogP contribution in [-0.2, 0) is 11.3 Å². The topological polar surface area (TPSA) is 70.1 Å². The molecule has 1 aromatic heterocycles. The van der Waals surface area contributed by atoms with Gasteiger partial charge in [-0.25, -0.2) is 9.48 Å². The molecule has 1 aliphatic carbocycles. The average Bonchev–Trinajstić information content (AvgIpc) is 3.05. The third kappa shape index (κ3) is 1.77. The van der Waals surface area contributed by atoms with E-state index >= 15 is 0 Å². The number of ether oxygens (including phenoxy) is 1. The lowest BCUT2D eigenvalue weighted by Crippen LogP contribution is -2.06. The molecule has 88 valence electrons. The lowest BCUT2D eigenvalue weighted by Gasteiger charge is -2.01. The van der Waals surface area contributed by atoms with E-state index in [4.69, 9.17) is 10.5 Å². The molecule has 0 unspecified atom stereocenters. The number of anilines is 1. The number of esters is 1. The van der Waals surface area contributed by atoms with E-state index in [0.717, 1.165) is 31.4 Å². The van der Waals surface area contributed by atoms with Crippen molar-refractivity contribution >= 4 is 11.8 Å². The molecule has 16 heavy (non-hydrogen) atoms. The highest BCUT2D eigenvalue weighted by atomic mass is 16.5. The first-order valence-electron chi connectivity index (χ1n) is 5.63. The lowest BCUT2D eigenvalue weighted by atomic mass is 10.1. The van der Waals surface area contributed by atoms with Crippen LogP contribution in [0.15, 0.2) is 0 Å². The predicted molar refractivity (Wildman–Crippen MR) is 60.2 cm³/mol. The van der Waals surface area contributed by atoms with Crippen molar-refractivity contribution in [2.75, 3.05) is 12.8 Å². The summed E-state index contributed by atoms with van der Waals surface area (Å²) in [7, 11) is 1.37. The molecule has 1 aromatic rings. The SMILES string of the molecule is CCCn1nc(C(=O)OC)c(C2CC2)c1N. The molecule has 5 heteroatoms. The van der Waals surface area contributed by atoms with Crippen LogP contribution in [-0.4, -0.2) is 22.9 Å². The van der Waals surface area contributed by atoms with Crippen molar-refractivity contribution in [2.24, 2.45) is 0 Å². The maximum absolute atomic E-state index is 11.6. The van der Waals surface area contributed by atoms with Gasteiger partial charge in [-0.1, -0.05) is 6.92 Å². The monoisotopic (exact) mass is 223 g/mol. The minimum atomic E-state index is -0.386. The number of hydrogen-bond donors (Lipinski definition) is 1. The number of methoxy groups -OCH3 is 1. The number of carbonyl (C=O) groups is 1. The van der Waals surface area contributed by atoms with E-state index in [0.29, 0.717) is 17.4 Å². The molecule has 0 amide bonds. The summed E-state index contributed by atoms with van der Waals surface area (Å²) in [5.74, 6) is 0.646. The van der Waals surface area contributed by atoms with Crippen molar-refractivity contribution in [1.29, 1.82) is 0 Å². The Balaban J connectivity index is 2.41. The fraction of sp³-hybridized carbons (Fsp3) is 0.636. The molecule has 1 aliphatic rings. The summed E-state index contributed by atoms with van der Waals surface area (Å²) >= 11 is 0. The lowest BCUT2D eigenvalue weighted by molar-refractivity contribution is 0.0591. The van der Waals surface area contributed by atoms with Crippen LogP contribution >= 0.6 is 0 Å². The maximum atomic E-state index is 11.6. The van der Waals surface area contributed by atoms with Crippen LogP contribution in [0.5, 0.6) is 0 Å². The highest BCUT2D eigenvalue weighted by molar-refractivity contribution is 5.90. The molecule has 2 N–H and O–H groups in total. The maximum Gasteiger partial charge on any atom is 0.358 e. The third-order valence-electron chi connectivity index (χ3n) is 2.83. The van der Waals surface area contributed by atoms with E-state index in [1.54, 1.807) is 4.68 Å². The van der Waals surface area contributed by atoms with E-state index in [2.05, 4.69) is 12.0 Å². The summed E-state index contributed by atoms with van der Waals surface area (Å²) in [6.45, 7) is 2.79. The van der Waals surface area contributed by atoms with Crippen LogP contribution in [0.2, 0.25) is 0 Å². The molecule has 2 rings (SSSR count). The van der Waals surface area contributed by atoms with Crippen LogP contribution in [0.3, 0.4) is 0 Å². The van der Waals surface area contributed by atoms with Crippen LogP contribution in [0.1, 0.15) is 48.2 Å². The zero-order valence-corrected chi connectivity index (χ0v) is 9.69. The molecule has 0 spiro atoms. The van der Waals surface area contributed by atoms with Crippen molar-refractivity contribution in [3.05, 3.63) is 11.3 Å². The Hall–Kier alpha value is -1.52. The Labute approximate surface area is 94.6 Å². The molecule has 1 saturated carbocycles. The van der Waals surface area contributed by atoms with Crippen molar-refractivity contribution in [3.8, 4) is 0 Å². The first kappa shape index (κ1) is 11.0. The van der Waals surface area contributed by atoms with Gasteiger partial charge in [0.1, 0.15) is 5.82 Å². The van der Waals surface area contributed by atoms with Crippen LogP contribution in [0.4, 0.5) is 5.82 Å². The molecule has 0 aliphatic heterocycles. The minimum absolute atomic E-state index is 0.386. The number of hydrogen-bond acceptors (Lipinski definition) is 4. The molecule has 1 heterocycles. The second-order valence-corrected chi connectivity index (χ2v) is 4.14. The quantitative estimate of drug-likeness (QED) is 0.786. The zero-order chi connectivity index (χ0) is 11.7. The molecular weight excluding hydrogens is 206 g/mol. The molecule has 0 radical (unpaired) electrons. The summed E-state index contributed by atoms with van der Waals surface area (Å²) < 4.78 is 6.44. The van der Waals surface area contributed by atoms with Crippen LogP contribution in [0.25, 0.3) is 0 Å². The van der Waals surface area contributed by atoms with E-state index in [1.165, 1.54) is 7.11 Å². The largest absolute Gasteiger partial charge is 0.464 e. The van der Waals surface area contributed by atoms with Crippen LogP contribution < -0.4 is 5.73 Å². The summed E-state index contributed by atoms with van der Waals surface area (Å²) in [6, 6.07) is 0. The van der Waals surface area contributed by atoms with Gasteiger partial charge in [0, 0.05) is 12.1 Å². The van der Waals surface area contributed by atoms with Crippen molar-refractivity contribution in [1.82, 2.24) is 9.78 Å². The normalized spacial score (nSPS) is 15.1. The second kappa shape index (κ2) is 4.15. The van der Waals surface area contributed by atoms with Gasteiger partial charge in [-0.3, -0.25) is 0 Å². The summed E-state index contributed by atoms with van der Waals surface area (Å²) in [4.78, 5) is 11.6. The van der Waals surface area contributed by atoms with Gasteiger partial charge >= 0.3 is 5.97 Å². The molecule has 1 fully saturated rings. The third-order valence-corrected chi connectivity index (χ3v) is 2.83. The number of nitrogen functional groups attached to an aromatic ring is 1. The minimum Gasteiger partial charge on any atom is -0.464 e. The van der Waals surface area contributed by atoms with E-state index in [-0.39, 0.29) is 5.97 Å². The van der Waals surface area contributed by atoms with Gasteiger partial charge in [-0.05, 0) is 25.2 Å². The number of nitrogens with zero attached hydrogens (tertiary/aromatic N) is 2. The highest BCUT2D eigenvalue weighted by Gasteiger charge is 2.34. The summed E-state index contributed by atoms with van der Waals surface area (Å²) in [5.41, 5.74) is 7.30. The van der Waals surface area contributed by atoms with Crippen molar-refractivity contribution in [3.63, 3.8) is 0 Å². The number of aryl methyl sites for hydroxylation is 1. The van der Waals surface area contributed by atoms with Gasteiger partial charge in [-0.2, -0.15) is 5.10 Å². The molecule has 0 atom stereocenters. The zero-order valence-electron chi connectivity index (χ0n) is 9.69. The molecule has 0 aromatic carbocycles. The number of aromatic nitrogens is 2. The fourth-order valence-corrected chi connectivity index (χ4v) is 1.89. The standard InChI is InChI=1S/C11H17N3O2/c1-3-6-14-10(12)8(7-4-5-7)9(13-14)11(15)16-2/h7H,3-6,12H2,1-2H3. The molecular formula is C11H17N3O2. The summed E-state index contributed by atoms with van der Waals surface area (Å²) in [6.07, 6.45) is 3.12. The molecule has 0 bridgehead atoms. The van der Waals surface area contributed by atoms with Gasteiger partial charge in [-0.15, -0.1) is 0 Å². The number of nitrogens with two attached hydrogens (primary N) is 1. The molecule has 5 nitrogen and oxygen atoms in total. The molecule has 0 saturated heterocycles. The van der Waals surface area contributed by atoms with Gasteiger partial charge in [0.15, 0.2) is 5.69 Å². The Kier molecular flexibility index (Phi) is 2.85. The summed E-state index contributed by atoms with van der Waals surface area (Å²) in [5, 5.41) is 4.25. The van der Waals surface area contributed by atoms with Gasteiger partial charge < -0.3 is 10.5 Å². The smallest absolute Gasteiger partial charge is 0.358 e. The van der Waals surface area contributed by atoms with E-state index in [9.17, 15) is 4.79 Å². The van der Waals surface area contributed by atoms with E-state index < -0.39 is 0 Å². The highest BCUT2D eigenvalue weighted by Crippen LogP contribution is 2.44. The average molecular weight is 223 g/mol. The Morgan fingerprint density at radius 2 is 2.31 bits per heavy atom. The number of rotatable bonds is 4. The number of carbonyl (C=O) groups excluding carboxylic acids is 1. The Morgan fingerprint density at radius 3 is 2.81 bits per heavy atom.